The number of esters is 1. The van der Waals surface area contributed by atoms with E-state index >= 15 is 0 Å². The highest BCUT2D eigenvalue weighted by Crippen LogP contribution is 2.24. The van der Waals surface area contributed by atoms with Crippen LogP contribution in [0.2, 0.25) is 0 Å². The molecule has 0 saturated heterocycles. The summed E-state index contributed by atoms with van der Waals surface area (Å²) >= 11 is 0. The lowest BCUT2D eigenvalue weighted by molar-refractivity contribution is -0.0638. The van der Waals surface area contributed by atoms with E-state index in [1.165, 1.54) is 14.0 Å². The van der Waals surface area contributed by atoms with E-state index in [0.29, 0.717) is 11.2 Å². The van der Waals surface area contributed by atoms with Gasteiger partial charge in [-0.3, -0.25) is 5.10 Å². The first-order valence-electron chi connectivity index (χ1n) is 7.28. The summed E-state index contributed by atoms with van der Waals surface area (Å²) in [5, 5.41) is 17.1. The molecule has 0 radical (unpaired) electrons. The summed E-state index contributed by atoms with van der Waals surface area (Å²) in [7, 11) is 1.24. The van der Waals surface area contributed by atoms with Crippen molar-refractivity contribution in [2.45, 2.75) is 25.6 Å². The Morgan fingerprint density at radius 3 is 2.80 bits per heavy atom. The van der Waals surface area contributed by atoms with Crippen molar-refractivity contribution in [3.63, 3.8) is 0 Å². The molecular formula is C15H17F3N4O3. The number of halogens is 3. The van der Waals surface area contributed by atoms with Gasteiger partial charge in [0, 0.05) is 11.8 Å². The van der Waals surface area contributed by atoms with Crippen molar-refractivity contribution >= 4 is 28.3 Å². The van der Waals surface area contributed by atoms with Crippen LogP contribution >= 0.6 is 0 Å². The van der Waals surface area contributed by atoms with Crippen molar-refractivity contribution in [2.24, 2.45) is 0 Å². The maximum absolute atomic E-state index is 12.3. The van der Waals surface area contributed by atoms with E-state index in [1.807, 2.05) is 0 Å². The van der Waals surface area contributed by atoms with Gasteiger partial charge in [0.1, 0.15) is 12.4 Å². The van der Waals surface area contributed by atoms with Gasteiger partial charge in [-0.1, -0.05) is 0 Å². The summed E-state index contributed by atoms with van der Waals surface area (Å²) in [5.74, 6) is -0.578. The summed E-state index contributed by atoms with van der Waals surface area (Å²) in [6.07, 6.45) is -4.47. The number of methoxy groups -OCH3 is 1. The first-order chi connectivity index (χ1) is 11.7. The third-order valence-electron chi connectivity index (χ3n) is 3.45. The molecule has 0 bridgehead atoms. The monoisotopic (exact) mass is 358 g/mol. The van der Waals surface area contributed by atoms with Gasteiger partial charge in [0.2, 0.25) is 0 Å². The van der Waals surface area contributed by atoms with Gasteiger partial charge in [-0.05, 0) is 19.1 Å². The van der Waals surface area contributed by atoms with Gasteiger partial charge < -0.3 is 20.2 Å². The normalized spacial score (nSPS) is 12.8. The number of anilines is 1. The minimum absolute atomic E-state index is 0.139. The third-order valence-corrected chi connectivity index (χ3v) is 3.45. The van der Waals surface area contributed by atoms with E-state index in [9.17, 15) is 18.0 Å². The molecule has 0 aliphatic heterocycles. The average Bonchev–Trinajstić information content (AvgIpc) is 2.99. The van der Waals surface area contributed by atoms with E-state index in [2.05, 4.69) is 15.5 Å². The number of carbonyl (C=O) groups excluding carboxylic acids is 1. The van der Waals surface area contributed by atoms with Crippen molar-refractivity contribution in [1.82, 2.24) is 10.2 Å². The predicted octanol–water partition coefficient (Wildman–Crippen LogP) is 3.10. The van der Waals surface area contributed by atoms with E-state index < -0.39 is 30.4 Å². The van der Waals surface area contributed by atoms with Crippen LogP contribution in [0.1, 0.15) is 23.7 Å². The molecule has 0 spiro atoms. The minimum atomic E-state index is -4.66. The molecule has 2 rings (SSSR count). The van der Waals surface area contributed by atoms with Gasteiger partial charge >= 0.3 is 12.1 Å². The number of ether oxygens (including phenoxy) is 2. The van der Waals surface area contributed by atoms with Gasteiger partial charge in [0.15, 0.2) is 0 Å². The minimum Gasteiger partial charge on any atom is -0.465 e. The van der Waals surface area contributed by atoms with Gasteiger partial charge in [-0.15, -0.1) is 0 Å². The summed E-state index contributed by atoms with van der Waals surface area (Å²) in [5.41, 5.74) is -0.0775. The van der Waals surface area contributed by atoms with Crippen molar-refractivity contribution in [3.05, 3.63) is 23.9 Å². The highest BCUT2D eigenvalue weighted by molar-refractivity contribution is 6.00. The predicted molar refractivity (Wildman–Crippen MR) is 84.9 cm³/mol. The van der Waals surface area contributed by atoms with Crippen LogP contribution in [0.4, 0.5) is 18.9 Å². The second kappa shape index (κ2) is 7.51. The fraction of sp³-hybridized carbons (Fsp3) is 0.400. The highest BCUT2D eigenvalue weighted by Gasteiger charge is 2.34. The Morgan fingerprint density at radius 1 is 1.44 bits per heavy atom. The number of nitrogens with zero attached hydrogens (tertiary/aromatic N) is 1. The summed E-state index contributed by atoms with van der Waals surface area (Å²) in [6, 6.07) is 3.20. The largest absolute Gasteiger partial charge is 0.465 e. The number of aromatic amines is 1. The van der Waals surface area contributed by atoms with Crippen LogP contribution in [0.3, 0.4) is 0 Å². The number of alkyl halides is 3. The van der Waals surface area contributed by atoms with Crippen LogP contribution in [0.5, 0.6) is 0 Å². The van der Waals surface area contributed by atoms with Gasteiger partial charge in [-0.2, -0.15) is 18.3 Å². The quantitative estimate of drug-likeness (QED) is 0.401. The van der Waals surface area contributed by atoms with Crippen LogP contribution in [-0.2, 0) is 9.47 Å². The molecule has 0 saturated carbocycles. The smallest absolute Gasteiger partial charge is 0.428 e. The Bertz CT molecular complexity index is 773. The molecule has 2 aromatic rings. The third kappa shape index (κ3) is 4.69. The second-order valence-electron chi connectivity index (χ2n) is 5.33. The Kier molecular flexibility index (Phi) is 5.62. The molecule has 1 heterocycles. The molecule has 136 valence electrons. The molecule has 10 heteroatoms. The van der Waals surface area contributed by atoms with E-state index in [-0.39, 0.29) is 12.3 Å². The molecule has 1 unspecified atom stereocenters. The Labute approximate surface area is 141 Å². The molecule has 3 N–H and O–H groups in total. The molecule has 1 aromatic heterocycles. The van der Waals surface area contributed by atoms with Crippen LogP contribution < -0.4 is 5.32 Å². The summed E-state index contributed by atoms with van der Waals surface area (Å²) in [6.45, 7) is 1.29. The number of H-pyrrole nitrogens is 1. The Balaban J connectivity index is 2.02. The second-order valence-corrected chi connectivity index (χ2v) is 5.33. The van der Waals surface area contributed by atoms with Gasteiger partial charge in [-0.25, -0.2) is 4.79 Å². The van der Waals surface area contributed by atoms with Crippen LogP contribution in [0.25, 0.3) is 10.9 Å². The van der Waals surface area contributed by atoms with Crippen molar-refractivity contribution < 1.29 is 27.4 Å². The van der Waals surface area contributed by atoms with Crippen LogP contribution in [0.15, 0.2) is 18.3 Å². The first kappa shape index (κ1) is 18.7. The van der Waals surface area contributed by atoms with Crippen molar-refractivity contribution in [3.8, 4) is 0 Å². The molecule has 7 nitrogen and oxygen atoms in total. The fourth-order valence-electron chi connectivity index (χ4n) is 2.14. The zero-order valence-electron chi connectivity index (χ0n) is 13.5. The average molecular weight is 358 g/mol. The Hall–Kier alpha value is -2.62. The van der Waals surface area contributed by atoms with Crippen LogP contribution in [0, 0.1) is 5.41 Å². The SMILES string of the molecule is COC(=O)c1cc2[nH]ncc2cc1NCOC(C)CC(=N)C(F)(F)F. The molecular weight excluding hydrogens is 341 g/mol. The molecule has 1 aromatic carbocycles. The molecule has 0 aliphatic rings. The number of benzene rings is 1. The zero-order valence-corrected chi connectivity index (χ0v) is 13.5. The lowest BCUT2D eigenvalue weighted by Crippen LogP contribution is -2.27. The molecule has 0 fully saturated rings. The number of fused-ring (bicyclic) bond motifs is 1. The number of rotatable bonds is 7. The van der Waals surface area contributed by atoms with Gasteiger partial charge in [0.25, 0.3) is 0 Å². The Morgan fingerprint density at radius 2 is 2.16 bits per heavy atom. The summed E-state index contributed by atoms with van der Waals surface area (Å²) < 4.78 is 47.0. The fourth-order valence-corrected chi connectivity index (χ4v) is 2.14. The van der Waals surface area contributed by atoms with E-state index in [4.69, 9.17) is 14.9 Å². The van der Waals surface area contributed by atoms with Crippen molar-refractivity contribution in [2.75, 3.05) is 19.2 Å². The molecule has 0 aliphatic carbocycles. The van der Waals surface area contributed by atoms with Gasteiger partial charge in [0.05, 0.1) is 36.2 Å². The molecule has 0 amide bonds. The number of nitrogens with one attached hydrogen (secondary N) is 3. The number of hydrogen-bond acceptors (Lipinski definition) is 6. The highest BCUT2D eigenvalue weighted by atomic mass is 19.4. The topological polar surface area (TPSA) is 100 Å². The van der Waals surface area contributed by atoms with Crippen LogP contribution in [-0.4, -0.2) is 48.0 Å². The number of hydrogen-bond donors (Lipinski definition) is 3. The van der Waals surface area contributed by atoms with E-state index in [0.717, 1.165) is 5.39 Å². The lowest BCUT2D eigenvalue weighted by Gasteiger charge is -2.17. The first-order valence-corrected chi connectivity index (χ1v) is 7.28. The van der Waals surface area contributed by atoms with Crippen molar-refractivity contribution in [1.29, 1.82) is 5.41 Å². The lowest BCUT2D eigenvalue weighted by atomic mass is 10.1. The number of aromatic nitrogens is 2. The maximum atomic E-state index is 12.3. The van der Waals surface area contributed by atoms with E-state index in [1.54, 1.807) is 18.3 Å². The zero-order chi connectivity index (χ0) is 18.6. The maximum Gasteiger partial charge on any atom is 0.428 e. The molecule has 1 atom stereocenters. The number of carbonyl (C=O) groups is 1. The summed E-state index contributed by atoms with van der Waals surface area (Å²) in [4.78, 5) is 11.9. The standard InChI is InChI=1S/C15H17F3N4O3/c1-8(3-13(19)15(16,17)18)25-7-20-12-4-9-6-21-22-11(9)5-10(12)14(23)24-2/h4-6,8,19-20H,3,7H2,1-2H3,(H,21,22). The molecule has 25 heavy (non-hydrogen) atoms.